The molecule has 0 spiro atoms. The van der Waals surface area contributed by atoms with Gasteiger partial charge in [-0.2, -0.15) is 0 Å². The molecule has 0 saturated carbocycles. The van der Waals surface area contributed by atoms with Crippen LogP contribution in [0.4, 0.5) is 17.1 Å². The van der Waals surface area contributed by atoms with E-state index in [0.717, 1.165) is 16.9 Å². The SMILES string of the molecule is Cc1ccc(NC(=O)c2cc(Nc3ccc4c(c3)OCO4)ccn2)cc1Cl. The lowest BCUT2D eigenvalue weighted by atomic mass is 10.2. The Hall–Kier alpha value is -3.25. The maximum atomic E-state index is 12.5. The molecule has 3 aromatic rings. The van der Waals surface area contributed by atoms with Crippen LogP contribution in [0, 0.1) is 6.92 Å². The highest BCUT2D eigenvalue weighted by Gasteiger charge is 2.14. The van der Waals surface area contributed by atoms with Crippen LogP contribution in [0.25, 0.3) is 0 Å². The number of rotatable bonds is 4. The average Bonchev–Trinajstić information content (AvgIpc) is 3.13. The lowest BCUT2D eigenvalue weighted by Gasteiger charge is -2.10. The minimum absolute atomic E-state index is 0.224. The molecule has 7 heteroatoms. The Morgan fingerprint density at radius 2 is 1.78 bits per heavy atom. The zero-order valence-corrected chi connectivity index (χ0v) is 15.2. The molecule has 1 aromatic heterocycles. The monoisotopic (exact) mass is 381 g/mol. The summed E-state index contributed by atoms with van der Waals surface area (Å²) in [6.07, 6.45) is 1.58. The number of hydrogen-bond acceptors (Lipinski definition) is 5. The maximum Gasteiger partial charge on any atom is 0.274 e. The highest BCUT2D eigenvalue weighted by Crippen LogP contribution is 2.35. The first-order valence-electron chi connectivity index (χ1n) is 8.29. The second kappa shape index (κ2) is 7.17. The molecule has 2 N–H and O–H groups in total. The highest BCUT2D eigenvalue weighted by molar-refractivity contribution is 6.31. The van der Waals surface area contributed by atoms with Crippen LogP contribution in [0.15, 0.2) is 54.7 Å². The van der Waals surface area contributed by atoms with Gasteiger partial charge in [-0.25, -0.2) is 0 Å². The van der Waals surface area contributed by atoms with Crippen LogP contribution in [-0.2, 0) is 0 Å². The average molecular weight is 382 g/mol. The van der Waals surface area contributed by atoms with Gasteiger partial charge in [0.15, 0.2) is 11.5 Å². The van der Waals surface area contributed by atoms with Crippen molar-refractivity contribution in [2.24, 2.45) is 0 Å². The molecule has 2 heterocycles. The Balaban J connectivity index is 1.49. The van der Waals surface area contributed by atoms with Crippen molar-refractivity contribution < 1.29 is 14.3 Å². The van der Waals surface area contributed by atoms with Gasteiger partial charge in [-0.05, 0) is 48.9 Å². The minimum Gasteiger partial charge on any atom is -0.454 e. The quantitative estimate of drug-likeness (QED) is 0.681. The molecular formula is C20H16ClN3O3. The van der Waals surface area contributed by atoms with Crippen LogP contribution >= 0.6 is 11.6 Å². The summed E-state index contributed by atoms with van der Waals surface area (Å²) in [7, 11) is 0. The Morgan fingerprint density at radius 3 is 2.63 bits per heavy atom. The predicted octanol–water partition coefficient (Wildman–Crippen LogP) is 4.77. The van der Waals surface area contributed by atoms with Gasteiger partial charge in [-0.1, -0.05) is 17.7 Å². The third-order valence-corrected chi connectivity index (χ3v) is 4.49. The van der Waals surface area contributed by atoms with E-state index in [4.69, 9.17) is 21.1 Å². The fourth-order valence-electron chi connectivity index (χ4n) is 2.64. The van der Waals surface area contributed by atoms with Crippen molar-refractivity contribution in [1.29, 1.82) is 0 Å². The molecule has 0 aliphatic carbocycles. The lowest BCUT2D eigenvalue weighted by molar-refractivity contribution is 0.102. The number of benzene rings is 2. The van der Waals surface area contributed by atoms with Crippen LogP contribution in [0.3, 0.4) is 0 Å². The van der Waals surface area contributed by atoms with Gasteiger partial charge in [0.25, 0.3) is 5.91 Å². The van der Waals surface area contributed by atoms with Crippen molar-refractivity contribution in [1.82, 2.24) is 4.98 Å². The predicted molar refractivity (Wildman–Crippen MR) is 104 cm³/mol. The van der Waals surface area contributed by atoms with E-state index in [2.05, 4.69) is 15.6 Å². The van der Waals surface area contributed by atoms with E-state index in [1.54, 1.807) is 30.5 Å². The summed E-state index contributed by atoms with van der Waals surface area (Å²) in [4.78, 5) is 16.6. The number of hydrogen-bond donors (Lipinski definition) is 2. The summed E-state index contributed by atoms with van der Waals surface area (Å²) in [6, 6.07) is 14.4. The summed E-state index contributed by atoms with van der Waals surface area (Å²) < 4.78 is 10.7. The molecule has 2 aromatic carbocycles. The van der Waals surface area contributed by atoms with E-state index in [1.807, 2.05) is 31.2 Å². The van der Waals surface area contributed by atoms with E-state index in [-0.39, 0.29) is 18.4 Å². The van der Waals surface area contributed by atoms with E-state index >= 15 is 0 Å². The Labute approximate surface area is 161 Å². The van der Waals surface area contributed by atoms with Crippen molar-refractivity contribution in [3.05, 3.63) is 71.0 Å². The molecule has 4 rings (SSSR count). The number of carbonyl (C=O) groups is 1. The van der Waals surface area contributed by atoms with Crippen LogP contribution in [0.5, 0.6) is 11.5 Å². The van der Waals surface area contributed by atoms with Crippen molar-refractivity contribution in [3.63, 3.8) is 0 Å². The molecular weight excluding hydrogens is 366 g/mol. The Bertz CT molecular complexity index is 1020. The number of nitrogens with zero attached hydrogens (tertiary/aromatic N) is 1. The zero-order valence-electron chi connectivity index (χ0n) is 14.5. The number of nitrogens with one attached hydrogen (secondary N) is 2. The first-order valence-corrected chi connectivity index (χ1v) is 8.66. The number of aryl methyl sites for hydroxylation is 1. The molecule has 0 radical (unpaired) electrons. The topological polar surface area (TPSA) is 72.5 Å². The molecule has 1 aliphatic heterocycles. The molecule has 1 amide bonds. The first-order chi connectivity index (χ1) is 13.1. The van der Waals surface area contributed by atoms with Crippen molar-refractivity contribution in [3.8, 4) is 11.5 Å². The fraction of sp³-hybridized carbons (Fsp3) is 0.100. The molecule has 0 unspecified atom stereocenters. The standard InChI is InChI=1S/C20H16ClN3O3/c1-12-2-3-13(8-16(12)21)24-20(25)17-9-15(6-7-22-17)23-14-4-5-18-19(10-14)27-11-26-18/h2-10H,11H2,1H3,(H,22,23)(H,24,25). The van der Waals surface area contributed by atoms with E-state index in [1.165, 1.54) is 0 Å². The normalized spacial score (nSPS) is 11.9. The van der Waals surface area contributed by atoms with Gasteiger partial charge in [0.05, 0.1) is 0 Å². The number of amides is 1. The molecule has 1 aliphatic rings. The molecule has 0 atom stereocenters. The van der Waals surface area contributed by atoms with Crippen LogP contribution in [0.1, 0.15) is 16.1 Å². The second-order valence-electron chi connectivity index (χ2n) is 6.04. The molecule has 27 heavy (non-hydrogen) atoms. The molecule has 6 nitrogen and oxygen atoms in total. The maximum absolute atomic E-state index is 12.5. The van der Waals surface area contributed by atoms with Gasteiger partial charge in [-0.3, -0.25) is 9.78 Å². The van der Waals surface area contributed by atoms with Gasteiger partial charge in [0, 0.05) is 34.3 Å². The second-order valence-corrected chi connectivity index (χ2v) is 6.45. The minimum atomic E-state index is -0.316. The zero-order chi connectivity index (χ0) is 18.8. The Kier molecular flexibility index (Phi) is 4.56. The summed E-state index contributed by atoms with van der Waals surface area (Å²) >= 11 is 6.10. The van der Waals surface area contributed by atoms with Gasteiger partial charge in [0.1, 0.15) is 5.69 Å². The molecule has 136 valence electrons. The number of fused-ring (bicyclic) bond motifs is 1. The Morgan fingerprint density at radius 1 is 1.00 bits per heavy atom. The molecule has 0 bridgehead atoms. The lowest BCUT2D eigenvalue weighted by Crippen LogP contribution is -2.13. The molecule has 0 fully saturated rings. The van der Waals surface area contributed by atoms with Gasteiger partial charge in [0.2, 0.25) is 6.79 Å². The summed E-state index contributed by atoms with van der Waals surface area (Å²) in [5.41, 5.74) is 3.41. The number of aromatic nitrogens is 1. The van der Waals surface area contributed by atoms with E-state index in [9.17, 15) is 4.79 Å². The first kappa shape index (κ1) is 17.2. The third-order valence-electron chi connectivity index (χ3n) is 4.08. The third kappa shape index (κ3) is 3.80. The van der Waals surface area contributed by atoms with Crippen molar-refractivity contribution >= 4 is 34.6 Å². The summed E-state index contributed by atoms with van der Waals surface area (Å²) in [5, 5.41) is 6.63. The smallest absolute Gasteiger partial charge is 0.274 e. The van der Waals surface area contributed by atoms with Crippen LogP contribution in [-0.4, -0.2) is 17.7 Å². The van der Waals surface area contributed by atoms with Gasteiger partial charge >= 0.3 is 0 Å². The van der Waals surface area contributed by atoms with Crippen LogP contribution < -0.4 is 20.1 Å². The van der Waals surface area contributed by atoms with Gasteiger partial charge < -0.3 is 20.1 Å². The van der Waals surface area contributed by atoms with E-state index < -0.39 is 0 Å². The van der Waals surface area contributed by atoms with E-state index in [0.29, 0.717) is 22.2 Å². The van der Waals surface area contributed by atoms with Crippen molar-refractivity contribution in [2.45, 2.75) is 6.92 Å². The number of carbonyl (C=O) groups excluding carboxylic acids is 1. The number of halogens is 1. The number of anilines is 3. The highest BCUT2D eigenvalue weighted by atomic mass is 35.5. The summed E-state index contributed by atoms with van der Waals surface area (Å²) in [5.74, 6) is 1.08. The fourth-order valence-corrected chi connectivity index (χ4v) is 2.82. The summed E-state index contributed by atoms with van der Waals surface area (Å²) in [6.45, 7) is 2.13. The number of pyridine rings is 1. The van der Waals surface area contributed by atoms with Gasteiger partial charge in [-0.15, -0.1) is 0 Å². The number of ether oxygens (including phenoxy) is 2. The van der Waals surface area contributed by atoms with Crippen molar-refractivity contribution in [2.75, 3.05) is 17.4 Å². The molecule has 0 saturated heterocycles. The largest absolute Gasteiger partial charge is 0.454 e. The van der Waals surface area contributed by atoms with Crippen LogP contribution in [0.2, 0.25) is 5.02 Å².